The van der Waals surface area contributed by atoms with E-state index >= 15 is 0 Å². The smallest absolute Gasteiger partial charge is 0.264 e. The number of carbonyl (C=O) groups is 2. The molecule has 3 aliphatic rings. The molecular formula is C22H26ClN3O2S. The van der Waals surface area contributed by atoms with E-state index in [4.69, 9.17) is 0 Å². The van der Waals surface area contributed by atoms with E-state index in [9.17, 15) is 9.59 Å². The van der Waals surface area contributed by atoms with Crippen LogP contribution in [0.2, 0.25) is 0 Å². The lowest BCUT2D eigenvalue weighted by Gasteiger charge is -2.41. The van der Waals surface area contributed by atoms with Gasteiger partial charge >= 0.3 is 0 Å². The van der Waals surface area contributed by atoms with E-state index < -0.39 is 0 Å². The monoisotopic (exact) mass is 431 g/mol. The van der Waals surface area contributed by atoms with Crippen molar-refractivity contribution in [2.45, 2.75) is 31.7 Å². The predicted octanol–water partition coefficient (Wildman–Crippen LogP) is 2.97. The van der Waals surface area contributed by atoms with Gasteiger partial charge in [-0.15, -0.1) is 23.7 Å². The van der Waals surface area contributed by atoms with Crippen LogP contribution in [-0.2, 0) is 17.6 Å². The Labute approximate surface area is 181 Å². The Kier molecular flexibility index (Phi) is 5.95. The highest BCUT2D eigenvalue weighted by Gasteiger charge is 2.33. The summed E-state index contributed by atoms with van der Waals surface area (Å²) in [5.41, 5.74) is 3.97. The number of nitrogens with one attached hydrogen (secondary N) is 1. The molecule has 2 aromatic rings. The van der Waals surface area contributed by atoms with Gasteiger partial charge in [0.05, 0.1) is 11.4 Å². The number of hydrogen-bond acceptors (Lipinski definition) is 4. The maximum absolute atomic E-state index is 13.3. The first-order valence-electron chi connectivity index (χ1n) is 10.2. The van der Waals surface area contributed by atoms with Crippen LogP contribution in [-0.4, -0.2) is 60.4 Å². The summed E-state index contributed by atoms with van der Waals surface area (Å²) in [5, 5.41) is 3.13. The zero-order chi connectivity index (χ0) is 19.1. The van der Waals surface area contributed by atoms with Gasteiger partial charge in [-0.1, -0.05) is 24.3 Å². The van der Waals surface area contributed by atoms with Crippen LogP contribution < -0.4 is 5.32 Å². The zero-order valence-electron chi connectivity index (χ0n) is 16.4. The second kappa shape index (κ2) is 8.46. The summed E-state index contributed by atoms with van der Waals surface area (Å²) >= 11 is 1.64. The molecular weight excluding hydrogens is 406 g/mol. The molecule has 2 saturated heterocycles. The largest absolute Gasteiger partial charge is 0.336 e. The van der Waals surface area contributed by atoms with Crippen LogP contribution in [0.1, 0.15) is 33.6 Å². The maximum Gasteiger partial charge on any atom is 0.264 e. The van der Waals surface area contributed by atoms with E-state index in [0.29, 0.717) is 13.1 Å². The average Bonchev–Trinajstić information content (AvgIpc) is 3.18. The number of hydrogen-bond donors (Lipinski definition) is 1. The molecule has 1 unspecified atom stereocenters. The van der Waals surface area contributed by atoms with Gasteiger partial charge in [0.15, 0.2) is 0 Å². The number of likely N-dealkylation sites (tertiary alicyclic amines) is 1. The SMILES string of the molecule is Cl.O=C(c1cc2c(s1)-c1ccccc1CC2)N1CCCC(N2CCNCC2=O)C1. The Bertz CT molecular complexity index is 929. The van der Waals surface area contributed by atoms with E-state index in [2.05, 4.69) is 35.6 Å². The normalized spacial score (nSPS) is 21.2. The van der Waals surface area contributed by atoms with Gasteiger partial charge in [-0.05, 0) is 48.4 Å². The van der Waals surface area contributed by atoms with Crippen LogP contribution in [0.15, 0.2) is 30.3 Å². The lowest BCUT2D eigenvalue weighted by atomic mass is 9.91. The first-order chi connectivity index (χ1) is 13.7. The fraction of sp³-hybridized carbons (Fsp3) is 0.455. The molecule has 29 heavy (non-hydrogen) atoms. The van der Waals surface area contributed by atoms with Crippen molar-refractivity contribution in [1.29, 1.82) is 0 Å². The molecule has 0 radical (unpaired) electrons. The minimum absolute atomic E-state index is 0. The van der Waals surface area contributed by atoms with Crippen LogP contribution in [0.3, 0.4) is 0 Å². The molecule has 1 atom stereocenters. The average molecular weight is 432 g/mol. The van der Waals surface area contributed by atoms with Gasteiger partial charge in [0.1, 0.15) is 0 Å². The van der Waals surface area contributed by atoms with Crippen LogP contribution in [0.5, 0.6) is 0 Å². The number of nitrogens with zero attached hydrogens (tertiary/aromatic N) is 2. The first kappa shape index (κ1) is 20.4. The zero-order valence-corrected chi connectivity index (χ0v) is 18.0. The number of halogens is 1. The fourth-order valence-corrected chi connectivity index (χ4v) is 5.97. The highest BCUT2D eigenvalue weighted by Crippen LogP contribution is 2.40. The van der Waals surface area contributed by atoms with Gasteiger partial charge in [0.25, 0.3) is 5.91 Å². The molecule has 2 aliphatic heterocycles. The number of thiophene rings is 1. The third-order valence-electron chi connectivity index (χ3n) is 6.20. The van der Waals surface area contributed by atoms with Crippen molar-refractivity contribution in [3.05, 3.63) is 46.3 Å². The molecule has 0 bridgehead atoms. The lowest BCUT2D eigenvalue weighted by Crippen LogP contribution is -2.57. The molecule has 7 heteroatoms. The molecule has 154 valence electrons. The minimum atomic E-state index is 0. The van der Waals surface area contributed by atoms with Crippen LogP contribution in [0.4, 0.5) is 0 Å². The van der Waals surface area contributed by atoms with Crippen LogP contribution in [0, 0.1) is 0 Å². The van der Waals surface area contributed by atoms with Gasteiger partial charge < -0.3 is 15.1 Å². The summed E-state index contributed by atoms with van der Waals surface area (Å²) in [6, 6.07) is 10.8. The first-order valence-corrected chi connectivity index (χ1v) is 11.0. The van der Waals surface area contributed by atoms with E-state index in [-0.39, 0.29) is 30.3 Å². The van der Waals surface area contributed by atoms with Crippen LogP contribution in [0.25, 0.3) is 10.4 Å². The molecule has 1 N–H and O–H groups in total. The number of carbonyl (C=O) groups excluding carboxylic acids is 2. The van der Waals surface area contributed by atoms with E-state index in [1.54, 1.807) is 11.3 Å². The number of benzene rings is 1. The fourth-order valence-electron chi connectivity index (χ4n) is 4.73. The van der Waals surface area contributed by atoms with Crippen molar-refractivity contribution in [3.8, 4) is 10.4 Å². The molecule has 5 rings (SSSR count). The molecule has 5 nitrogen and oxygen atoms in total. The second-order valence-corrected chi connectivity index (χ2v) is 8.99. The topological polar surface area (TPSA) is 52.7 Å². The summed E-state index contributed by atoms with van der Waals surface area (Å²) in [4.78, 5) is 31.6. The van der Waals surface area contributed by atoms with Gasteiger partial charge in [0.2, 0.25) is 5.91 Å². The molecule has 1 aromatic carbocycles. The Morgan fingerprint density at radius 2 is 1.97 bits per heavy atom. The molecule has 2 amide bonds. The Morgan fingerprint density at radius 3 is 2.83 bits per heavy atom. The van der Waals surface area contributed by atoms with Gasteiger partial charge in [-0.3, -0.25) is 9.59 Å². The number of aryl methyl sites for hydroxylation is 2. The molecule has 0 spiro atoms. The van der Waals surface area contributed by atoms with Crippen molar-refractivity contribution in [2.24, 2.45) is 0 Å². The number of piperidine rings is 1. The van der Waals surface area contributed by atoms with Crippen molar-refractivity contribution >= 4 is 35.6 Å². The minimum Gasteiger partial charge on any atom is -0.336 e. The summed E-state index contributed by atoms with van der Waals surface area (Å²) in [6.45, 7) is 3.45. The third-order valence-corrected chi connectivity index (χ3v) is 7.39. The number of piperazine rings is 1. The van der Waals surface area contributed by atoms with Gasteiger partial charge in [0, 0.05) is 37.1 Å². The molecule has 2 fully saturated rings. The Morgan fingerprint density at radius 1 is 1.14 bits per heavy atom. The maximum atomic E-state index is 13.3. The van der Waals surface area contributed by atoms with Crippen molar-refractivity contribution in [3.63, 3.8) is 0 Å². The standard InChI is InChI=1S/C22H25N3O2S.ClH/c26-20-13-23-9-11-25(20)17-5-3-10-24(14-17)22(27)19-12-16-8-7-15-4-1-2-6-18(15)21(16)28-19;/h1-2,4,6,12,17,23H,3,5,7-11,13-14H2;1H. The summed E-state index contributed by atoms with van der Waals surface area (Å²) in [6.07, 6.45) is 4.00. The highest BCUT2D eigenvalue weighted by atomic mass is 35.5. The Hall–Kier alpha value is -1.89. The summed E-state index contributed by atoms with van der Waals surface area (Å²) in [7, 11) is 0. The Balaban J connectivity index is 0.00000205. The van der Waals surface area contributed by atoms with E-state index in [1.807, 2.05) is 9.80 Å². The number of rotatable bonds is 2. The molecule has 0 saturated carbocycles. The van der Waals surface area contributed by atoms with E-state index in [0.717, 1.165) is 50.2 Å². The summed E-state index contributed by atoms with van der Waals surface area (Å²) in [5.74, 6) is 0.290. The highest BCUT2D eigenvalue weighted by molar-refractivity contribution is 7.17. The lowest BCUT2D eigenvalue weighted by molar-refractivity contribution is -0.135. The van der Waals surface area contributed by atoms with Gasteiger partial charge in [-0.2, -0.15) is 0 Å². The van der Waals surface area contributed by atoms with Crippen molar-refractivity contribution in [2.75, 3.05) is 32.7 Å². The van der Waals surface area contributed by atoms with Crippen molar-refractivity contribution < 1.29 is 9.59 Å². The van der Waals surface area contributed by atoms with Crippen molar-refractivity contribution in [1.82, 2.24) is 15.1 Å². The van der Waals surface area contributed by atoms with Crippen LogP contribution >= 0.6 is 23.7 Å². The molecule has 1 aliphatic carbocycles. The molecule has 1 aromatic heterocycles. The third kappa shape index (κ3) is 3.81. The summed E-state index contributed by atoms with van der Waals surface area (Å²) < 4.78 is 0. The number of amides is 2. The van der Waals surface area contributed by atoms with Gasteiger partial charge in [-0.25, -0.2) is 0 Å². The predicted molar refractivity (Wildman–Crippen MR) is 118 cm³/mol. The second-order valence-electron chi connectivity index (χ2n) is 7.93. The number of fused-ring (bicyclic) bond motifs is 3. The molecule has 3 heterocycles. The quantitative estimate of drug-likeness (QED) is 0.795. The van der Waals surface area contributed by atoms with E-state index in [1.165, 1.54) is 21.6 Å².